The predicted molar refractivity (Wildman–Crippen MR) is 58.8 cm³/mol. The highest BCUT2D eigenvalue weighted by Crippen LogP contribution is 2.24. The maximum Gasteiger partial charge on any atom is -0.00392 e. The van der Waals surface area contributed by atoms with E-state index in [1.807, 2.05) is 0 Å². The van der Waals surface area contributed by atoms with E-state index in [0.717, 1.165) is 5.92 Å². The van der Waals surface area contributed by atoms with Gasteiger partial charge in [0.2, 0.25) is 0 Å². The molecule has 0 heterocycles. The van der Waals surface area contributed by atoms with Gasteiger partial charge in [0.25, 0.3) is 0 Å². The summed E-state index contributed by atoms with van der Waals surface area (Å²) in [6, 6.07) is 0. The lowest BCUT2D eigenvalue weighted by Gasteiger charge is -2.18. The van der Waals surface area contributed by atoms with Crippen LogP contribution in [0.2, 0.25) is 0 Å². The van der Waals surface area contributed by atoms with E-state index in [0.29, 0.717) is 0 Å². The molecule has 0 spiro atoms. The Labute approximate surface area is 81.5 Å². The molecule has 0 bridgehead atoms. The van der Waals surface area contributed by atoms with E-state index in [1.54, 1.807) is 0 Å². The van der Waals surface area contributed by atoms with Crippen LogP contribution in [0.1, 0.15) is 51.9 Å². The summed E-state index contributed by atoms with van der Waals surface area (Å²) in [5.41, 5.74) is 0. The molecule has 1 aliphatic carbocycles. The van der Waals surface area contributed by atoms with Crippen LogP contribution in [0.4, 0.5) is 0 Å². The third kappa shape index (κ3) is 4.39. The largest absolute Gasteiger partial charge is 0.162 e. The first-order chi connectivity index (χ1) is 5.93. The van der Waals surface area contributed by atoms with Crippen LogP contribution in [0.25, 0.3) is 0 Å². The molecule has 1 aliphatic rings. The summed E-state index contributed by atoms with van der Waals surface area (Å²) < 4.78 is 0. The Morgan fingerprint density at radius 1 is 1.00 bits per heavy atom. The maximum absolute atomic E-state index is 2.27. The Kier molecular flexibility index (Phi) is 5.93. The molecule has 0 aromatic rings. The summed E-state index contributed by atoms with van der Waals surface area (Å²) in [7, 11) is 0. The monoisotopic (exact) mass is 186 g/mol. The molecule has 0 saturated heterocycles. The SMILES string of the molecule is CCSCC1CCCCCCC1. The Bertz CT molecular complexity index is 90.4. The van der Waals surface area contributed by atoms with E-state index in [4.69, 9.17) is 0 Å². The third-order valence-electron chi connectivity index (χ3n) is 2.78. The van der Waals surface area contributed by atoms with Crippen LogP contribution < -0.4 is 0 Å². The topological polar surface area (TPSA) is 0 Å². The molecule has 0 N–H and O–H groups in total. The van der Waals surface area contributed by atoms with Gasteiger partial charge in [-0.15, -0.1) is 0 Å². The van der Waals surface area contributed by atoms with Gasteiger partial charge in [-0.1, -0.05) is 39.0 Å². The Morgan fingerprint density at radius 3 is 2.17 bits per heavy atom. The predicted octanol–water partition coefficient (Wildman–Crippen LogP) is 4.10. The van der Waals surface area contributed by atoms with Crippen molar-refractivity contribution in [3.63, 3.8) is 0 Å². The normalized spacial score (nSPS) is 21.8. The van der Waals surface area contributed by atoms with E-state index in [1.165, 1.54) is 56.5 Å². The second kappa shape index (κ2) is 6.82. The lowest BCUT2D eigenvalue weighted by molar-refractivity contribution is 0.409. The Hall–Kier alpha value is 0.350. The Morgan fingerprint density at radius 2 is 1.58 bits per heavy atom. The van der Waals surface area contributed by atoms with E-state index in [2.05, 4.69) is 18.7 Å². The van der Waals surface area contributed by atoms with Crippen molar-refractivity contribution in [1.82, 2.24) is 0 Å². The lowest BCUT2D eigenvalue weighted by Crippen LogP contribution is -2.06. The van der Waals surface area contributed by atoms with Crippen molar-refractivity contribution in [3.8, 4) is 0 Å². The van der Waals surface area contributed by atoms with Crippen LogP contribution in [0, 0.1) is 5.92 Å². The van der Waals surface area contributed by atoms with Gasteiger partial charge in [-0.2, -0.15) is 11.8 Å². The first kappa shape index (κ1) is 10.4. The summed E-state index contributed by atoms with van der Waals surface area (Å²) in [5, 5.41) is 0. The molecule has 0 aliphatic heterocycles. The lowest BCUT2D eigenvalue weighted by atomic mass is 9.93. The molecule has 0 atom stereocenters. The van der Waals surface area contributed by atoms with E-state index >= 15 is 0 Å². The van der Waals surface area contributed by atoms with Crippen molar-refractivity contribution in [2.45, 2.75) is 51.9 Å². The van der Waals surface area contributed by atoms with E-state index < -0.39 is 0 Å². The Balaban J connectivity index is 2.11. The summed E-state index contributed by atoms with van der Waals surface area (Å²) in [6.45, 7) is 2.27. The molecule has 1 saturated carbocycles. The molecule has 0 radical (unpaired) electrons. The van der Waals surface area contributed by atoms with Gasteiger partial charge < -0.3 is 0 Å². The average Bonchev–Trinajstić information content (AvgIpc) is 2.02. The minimum Gasteiger partial charge on any atom is -0.162 e. The fourth-order valence-corrected chi connectivity index (χ4v) is 2.89. The number of thioether (sulfide) groups is 1. The number of hydrogen-bond acceptors (Lipinski definition) is 1. The van der Waals surface area contributed by atoms with Gasteiger partial charge in [0.1, 0.15) is 0 Å². The zero-order valence-corrected chi connectivity index (χ0v) is 9.17. The fourth-order valence-electron chi connectivity index (χ4n) is 1.99. The van der Waals surface area contributed by atoms with Crippen LogP contribution in [0.5, 0.6) is 0 Å². The molecule has 12 heavy (non-hydrogen) atoms. The molecule has 1 rings (SSSR count). The standard InChI is InChI=1S/C11H22S/c1-2-12-10-11-8-6-4-3-5-7-9-11/h11H,2-10H2,1H3. The van der Waals surface area contributed by atoms with Gasteiger partial charge in [-0.3, -0.25) is 0 Å². The van der Waals surface area contributed by atoms with Crippen molar-refractivity contribution in [3.05, 3.63) is 0 Å². The summed E-state index contributed by atoms with van der Waals surface area (Å²) in [4.78, 5) is 0. The van der Waals surface area contributed by atoms with Gasteiger partial charge >= 0.3 is 0 Å². The van der Waals surface area contributed by atoms with Crippen LogP contribution in [-0.4, -0.2) is 11.5 Å². The van der Waals surface area contributed by atoms with Gasteiger partial charge in [-0.05, 0) is 30.3 Å². The van der Waals surface area contributed by atoms with Crippen LogP contribution in [0.15, 0.2) is 0 Å². The molecule has 0 aromatic carbocycles. The average molecular weight is 186 g/mol. The molecule has 1 heteroatoms. The zero-order chi connectivity index (χ0) is 8.65. The third-order valence-corrected chi connectivity index (χ3v) is 3.90. The van der Waals surface area contributed by atoms with Crippen LogP contribution in [-0.2, 0) is 0 Å². The molecule has 0 unspecified atom stereocenters. The van der Waals surface area contributed by atoms with Crippen LogP contribution in [0.3, 0.4) is 0 Å². The first-order valence-corrected chi connectivity index (χ1v) is 6.66. The zero-order valence-electron chi connectivity index (χ0n) is 8.35. The highest BCUT2D eigenvalue weighted by molar-refractivity contribution is 7.99. The second-order valence-corrected chi connectivity index (χ2v) is 5.19. The highest BCUT2D eigenvalue weighted by Gasteiger charge is 2.10. The summed E-state index contributed by atoms with van der Waals surface area (Å²) in [6.07, 6.45) is 10.5. The minimum absolute atomic E-state index is 1.05. The molecule has 1 fully saturated rings. The van der Waals surface area contributed by atoms with Gasteiger partial charge in [-0.25, -0.2) is 0 Å². The number of hydrogen-bond donors (Lipinski definition) is 0. The molecule has 72 valence electrons. The van der Waals surface area contributed by atoms with Gasteiger partial charge in [0.15, 0.2) is 0 Å². The molecule has 0 amide bonds. The minimum atomic E-state index is 1.05. The summed E-state index contributed by atoms with van der Waals surface area (Å²) in [5.74, 6) is 3.78. The highest BCUT2D eigenvalue weighted by atomic mass is 32.2. The van der Waals surface area contributed by atoms with Crippen molar-refractivity contribution < 1.29 is 0 Å². The quantitative estimate of drug-likeness (QED) is 0.639. The van der Waals surface area contributed by atoms with Crippen molar-refractivity contribution in [2.75, 3.05) is 11.5 Å². The summed E-state index contributed by atoms with van der Waals surface area (Å²) >= 11 is 2.13. The smallest absolute Gasteiger partial charge is 0.00392 e. The van der Waals surface area contributed by atoms with Crippen molar-refractivity contribution >= 4 is 11.8 Å². The first-order valence-electron chi connectivity index (χ1n) is 5.51. The van der Waals surface area contributed by atoms with Crippen molar-refractivity contribution in [1.29, 1.82) is 0 Å². The molecule has 0 aromatic heterocycles. The molecule has 0 nitrogen and oxygen atoms in total. The van der Waals surface area contributed by atoms with Gasteiger partial charge in [0, 0.05) is 0 Å². The van der Waals surface area contributed by atoms with E-state index in [9.17, 15) is 0 Å². The molecular formula is C11H22S. The second-order valence-electron chi connectivity index (χ2n) is 3.87. The number of rotatable bonds is 3. The van der Waals surface area contributed by atoms with E-state index in [-0.39, 0.29) is 0 Å². The van der Waals surface area contributed by atoms with Gasteiger partial charge in [0.05, 0.1) is 0 Å². The fraction of sp³-hybridized carbons (Fsp3) is 1.00. The van der Waals surface area contributed by atoms with Crippen molar-refractivity contribution in [2.24, 2.45) is 5.92 Å². The maximum atomic E-state index is 2.27. The van der Waals surface area contributed by atoms with Crippen LogP contribution >= 0.6 is 11.8 Å². The molecular weight excluding hydrogens is 164 g/mol.